The van der Waals surface area contributed by atoms with E-state index in [1.54, 1.807) is 6.07 Å². The van der Waals surface area contributed by atoms with Gasteiger partial charge in [0.05, 0.1) is 12.2 Å². The highest BCUT2D eigenvalue weighted by Crippen LogP contribution is 2.16. The molecule has 0 spiro atoms. The van der Waals surface area contributed by atoms with Crippen LogP contribution in [0, 0.1) is 6.92 Å². The lowest BCUT2D eigenvalue weighted by molar-refractivity contribution is 0.0660. The number of aryl methyl sites for hydroxylation is 1. The van der Waals surface area contributed by atoms with Crippen molar-refractivity contribution in [3.05, 3.63) is 34.7 Å². The molecule has 0 radical (unpaired) electrons. The highest BCUT2D eigenvalue weighted by Gasteiger charge is 2.08. The van der Waals surface area contributed by atoms with E-state index < -0.39 is 5.97 Å². The molecule has 0 atom stereocenters. The molecule has 0 saturated heterocycles. The monoisotopic (exact) mass is 238 g/mol. The van der Waals surface area contributed by atoms with Crippen molar-refractivity contribution >= 4 is 22.4 Å². The summed E-state index contributed by atoms with van der Waals surface area (Å²) >= 11 is 1.50. The summed E-state index contributed by atoms with van der Waals surface area (Å²) in [4.78, 5) is 14.8. The molecule has 0 saturated carbocycles. The topological polar surface area (TPSA) is 75.4 Å². The van der Waals surface area contributed by atoms with E-state index in [0.29, 0.717) is 12.3 Å². The minimum Gasteiger partial charge on any atom is -0.475 e. The highest BCUT2D eigenvalue weighted by molar-refractivity contribution is 7.13. The Hall–Kier alpha value is -1.82. The van der Waals surface area contributed by atoms with E-state index in [2.05, 4.69) is 10.3 Å². The fourth-order valence-electron chi connectivity index (χ4n) is 1.19. The molecule has 0 aliphatic rings. The number of rotatable bonds is 4. The lowest BCUT2D eigenvalue weighted by Crippen LogP contribution is -1.98. The van der Waals surface area contributed by atoms with Crippen molar-refractivity contribution in [3.8, 4) is 0 Å². The normalized spacial score (nSPS) is 10.3. The van der Waals surface area contributed by atoms with Crippen LogP contribution < -0.4 is 5.32 Å². The maximum absolute atomic E-state index is 10.6. The second-order valence-corrected chi connectivity index (χ2v) is 4.08. The first-order valence-corrected chi connectivity index (χ1v) is 5.51. The first-order chi connectivity index (χ1) is 7.65. The third kappa shape index (κ3) is 2.40. The van der Waals surface area contributed by atoms with E-state index in [1.807, 2.05) is 12.3 Å². The number of carboxylic acids is 1. The van der Waals surface area contributed by atoms with Gasteiger partial charge in [0.1, 0.15) is 5.76 Å². The molecule has 0 aromatic carbocycles. The van der Waals surface area contributed by atoms with Gasteiger partial charge in [0.25, 0.3) is 0 Å². The number of nitrogens with one attached hydrogen (secondary N) is 1. The molecule has 0 aliphatic carbocycles. The minimum absolute atomic E-state index is 0.0490. The van der Waals surface area contributed by atoms with Crippen LogP contribution in [-0.4, -0.2) is 16.1 Å². The van der Waals surface area contributed by atoms with Gasteiger partial charge in [-0.3, -0.25) is 0 Å². The molecule has 5 nitrogen and oxygen atoms in total. The lowest BCUT2D eigenvalue weighted by Gasteiger charge is -1.98. The quantitative estimate of drug-likeness (QED) is 0.855. The molecule has 0 fully saturated rings. The zero-order valence-corrected chi connectivity index (χ0v) is 9.37. The molecule has 16 heavy (non-hydrogen) atoms. The molecule has 2 N–H and O–H groups in total. The third-order valence-corrected chi connectivity index (χ3v) is 2.82. The summed E-state index contributed by atoms with van der Waals surface area (Å²) in [6, 6.07) is 3.07. The van der Waals surface area contributed by atoms with Gasteiger partial charge in [0, 0.05) is 5.38 Å². The Morgan fingerprint density at radius 2 is 2.44 bits per heavy atom. The smallest absolute Gasteiger partial charge is 0.371 e. The van der Waals surface area contributed by atoms with Crippen LogP contribution >= 0.6 is 11.3 Å². The predicted molar refractivity (Wildman–Crippen MR) is 59.8 cm³/mol. The number of aromatic nitrogens is 1. The highest BCUT2D eigenvalue weighted by atomic mass is 32.1. The fraction of sp³-hybridized carbons (Fsp3) is 0.200. The number of aromatic carboxylic acids is 1. The number of nitrogens with zero attached hydrogens (tertiary/aromatic N) is 1. The van der Waals surface area contributed by atoms with E-state index in [4.69, 9.17) is 9.52 Å². The molecule has 2 aromatic rings. The van der Waals surface area contributed by atoms with Crippen molar-refractivity contribution in [3.63, 3.8) is 0 Å². The summed E-state index contributed by atoms with van der Waals surface area (Å²) in [5.74, 6) is -0.534. The van der Waals surface area contributed by atoms with E-state index >= 15 is 0 Å². The van der Waals surface area contributed by atoms with Crippen molar-refractivity contribution < 1.29 is 14.3 Å². The molecule has 2 heterocycles. The van der Waals surface area contributed by atoms with E-state index in [9.17, 15) is 4.79 Å². The second kappa shape index (κ2) is 4.36. The van der Waals surface area contributed by atoms with Crippen molar-refractivity contribution in [2.24, 2.45) is 0 Å². The van der Waals surface area contributed by atoms with Crippen LogP contribution in [0.1, 0.15) is 22.0 Å². The first-order valence-electron chi connectivity index (χ1n) is 4.63. The summed E-state index contributed by atoms with van der Waals surface area (Å²) in [7, 11) is 0. The summed E-state index contributed by atoms with van der Waals surface area (Å²) in [5, 5.41) is 14.5. The summed E-state index contributed by atoms with van der Waals surface area (Å²) < 4.78 is 5.09. The maximum Gasteiger partial charge on any atom is 0.371 e. The van der Waals surface area contributed by atoms with E-state index in [0.717, 1.165) is 10.8 Å². The molecule has 2 rings (SSSR count). The molecular formula is C10H10N2O3S. The SMILES string of the molecule is Cc1csc(NCc2ccc(C(=O)O)o2)n1. The molecule has 84 valence electrons. The number of carboxylic acid groups (broad SMARTS) is 1. The fourth-order valence-corrected chi connectivity index (χ4v) is 1.87. The van der Waals surface area contributed by atoms with Gasteiger partial charge in [-0.15, -0.1) is 11.3 Å². The lowest BCUT2D eigenvalue weighted by atomic mass is 10.4. The Balaban J connectivity index is 1.97. The van der Waals surface area contributed by atoms with Gasteiger partial charge in [-0.25, -0.2) is 9.78 Å². The molecule has 0 unspecified atom stereocenters. The Morgan fingerprint density at radius 3 is 3.00 bits per heavy atom. The molecule has 2 aromatic heterocycles. The standard InChI is InChI=1S/C10H10N2O3S/c1-6-5-16-10(12-6)11-4-7-2-3-8(15-7)9(13)14/h2-3,5H,4H2,1H3,(H,11,12)(H,13,14). The van der Waals surface area contributed by atoms with E-state index in [1.165, 1.54) is 17.4 Å². The third-order valence-electron chi connectivity index (χ3n) is 1.91. The zero-order valence-electron chi connectivity index (χ0n) is 8.56. The van der Waals surface area contributed by atoms with Crippen LogP contribution in [-0.2, 0) is 6.54 Å². The second-order valence-electron chi connectivity index (χ2n) is 3.22. The van der Waals surface area contributed by atoms with Gasteiger partial charge in [-0.1, -0.05) is 0 Å². The Kier molecular flexibility index (Phi) is 2.91. The van der Waals surface area contributed by atoms with Gasteiger partial charge >= 0.3 is 5.97 Å². The number of anilines is 1. The number of carbonyl (C=O) groups is 1. The predicted octanol–water partition coefficient (Wildman–Crippen LogP) is 2.35. The molecule has 0 bridgehead atoms. The number of thiazole rings is 1. The molecule has 6 heteroatoms. The Labute approximate surface area is 95.7 Å². The zero-order chi connectivity index (χ0) is 11.5. The Morgan fingerprint density at radius 1 is 1.62 bits per heavy atom. The van der Waals surface area contributed by atoms with Gasteiger partial charge in [0.2, 0.25) is 5.76 Å². The van der Waals surface area contributed by atoms with Gasteiger partial charge in [0.15, 0.2) is 5.13 Å². The van der Waals surface area contributed by atoms with E-state index in [-0.39, 0.29) is 5.76 Å². The van der Waals surface area contributed by atoms with Crippen LogP contribution in [0.3, 0.4) is 0 Å². The number of hydrogen-bond acceptors (Lipinski definition) is 5. The average molecular weight is 238 g/mol. The van der Waals surface area contributed by atoms with Crippen LogP contribution in [0.25, 0.3) is 0 Å². The largest absolute Gasteiger partial charge is 0.475 e. The maximum atomic E-state index is 10.6. The number of furan rings is 1. The number of hydrogen-bond donors (Lipinski definition) is 2. The van der Waals surface area contributed by atoms with Crippen molar-refractivity contribution in [1.29, 1.82) is 0 Å². The summed E-state index contributed by atoms with van der Waals surface area (Å²) in [6.07, 6.45) is 0. The molecule has 0 amide bonds. The minimum atomic E-state index is -1.06. The Bertz CT molecular complexity index is 504. The van der Waals surface area contributed by atoms with Gasteiger partial charge in [-0.2, -0.15) is 0 Å². The van der Waals surface area contributed by atoms with Crippen molar-refractivity contribution in [2.75, 3.05) is 5.32 Å². The van der Waals surface area contributed by atoms with Crippen LogP contribution in [0.5, 0.6) is 0 Å². The summed E-state index contributed by atoms with van der Waals surface area (Å²) in [5.41, 5.74) is 0.957. The average Bonchev–Trinajstić information content (AvgIpc) is 2.83. The van der Waals surface area contributed by atoms with Gasteiger partial charge < -0.3 is 14.8 Å². The van der Waals surface area contributed by atoms with Crippen LogP contribution in [0.15, 0.2) is 21.9 Å². The molecular weight excluding hydrogens is 228 g/mol. The van der Waals surface area contributed by atoms with Crippen LogP contribution in [0.2, 0.25) is 0 Å². The first kappa shape index (κ1) is 10.7. The van der Waals surface area contributed by atoms with Gasteiger partial charge in [-0.05, 0) is 19.1 Å². The van der Waals surface area contributed by atoms with Crippen molar-refractivity contribution in [2.45, 2.75) is 13.5 Å². The van der Waals surface area contributed by atoms with Crippen molar-refractivity contribution in [1.82, 2.24) is 4.98 Å². The van der Waals surface area contributed by atoms with Crippen LogP contribution in [0.4, 0.5) is 5.13 Å². The summed E-state index contributed by atoms with van der Waals surface area (Å²) in [6.45, 7) is 2.34. The molecule has 0 aliphatic heterocycles.